The minimum Gasteiger partial charge on any atom is -0.352 e. The SMILES string of the molecule is CC=N/C=C\CCCCNC(=O)c1ccc(-n2cccn2)c(C#Cc2cccc(C(F)(F)F)c2)c1. The molecule has 0 saturated carbocycles. The van der Waals surface area contributed by atoms with E-state index in [1.807, 2.05) is 13.0 Å². The van der Waals surface area contributed by atoms with E-state index in [9.17, 15) is 18.0 Å². The first kappa shape index (κ1) is 25.5. The van der Waals surface area contributed by atoms with Gasteiger partial charge in [0, 0.05) is 42.5 Å². The molecule has 0 radical (unpaired) electrons. The van der Waals surface area contributed by atoms with Crippen LogP contribution in [-0.4, -0.2) is 28.4 Å². The van der Waals surface area contributed by atoms with E-state index in [0.717, 1.165) is 31.4 Å². The number of aromatic nitrogens is 2. The average molecular weight is 479 g/mol. The summed E-state index contributed by atoms with van der Waals surface area (Å²) in [7, 11) is 0. The highest BCUT2D eigenvalue weighted by Crippen LogP contribution is 2.29. The molecular formula is C27H25F3N4O. The molecule has 0 spiro atoms. The molecule has 0 aliphatic carbocycles. The number of aliphatic imine (C=N–C) groups is 1. The van der Waals surface area contributed by atoms with Gasteiger partial charge in [0.05, 0.1) is 16.8 Å². The van der Waals surface area contributed by atoms with Crippen molar-refractivity contribution in [1.29, 1.82) is 0 Å². The van der Waals surface area contributed by atoms with Crippen LogP contribution in [0.3, 0.4) is 0 Å². The van der Waals surface area contributed by atoms with Gasteiger partial charge in [-0.3, -0.25) is 9.79 Å². The molecule has 0 bridgehead atoms. The predicted molar refractivity (Wildman–Crippen MR) is 130 cm³/mol. The third-order valence-corrected chi connectivity index (χ3v) is 4.97. The Morgan fingerprint density at radius 2 is 2.00 bits per heavy atom. The van der Waals surface area contributed by atoms with Crippen LogP contribution in [0.25, 0.3) is 5.69 Å². The number of carbonyl (C=O) groups is 1. The largest absolute Gasteiger partial charge is 0.416 e. The van der Waals surface area contributed by atoms with Gasteiger partial charge in [0.15, 0.2) is 0 Å². The van der Waals surface area contributed by atoms with Gasteiger partial charge >= 0.3 is 6.18 Å². The number of benzene rings is 2. The maximum Gasteiger partial charge on any atom is 0.416 e. The first-order chi connectivity index (χ1) is 16.9. The summed E-state index contributed by atoms with van der Waals surface area (Å²) in [6.45, 7) is 2.37. The van der Waals surface area contributed by atoms with E-state index in [-0.39, 0.29) is 11.5 Å². The predicted octanol–water partition coefficient (Wildman–Crippen LogP) is 5.80. The van der Waals surface area contributed by atoms with Crippen molar-refractivity contribution in [3.05, 3.63) is 95.5 Å². The van der Waals surface area contributed by atoms with Crippen LogP contribution in [0.1, 0.15) is 53.2 Å². The number of halogens is 3. The normalized spacial score (nSPS) is 11.5. The Morgan fingerprint density at radius 1 is 1.14 bits per heavy atom. The van der Waals surface area contributed by atoms with E-state index in [1.54, 1.807) is 53.8 Å². The van der Waals surface area contributed by atoms with Crippen molar-refractivity contribution in [3.63, 3.8) is 0 Å². The van der Waals surface area contributed by atoms with Crippen molar-refractivity contribution in [2.45, 2.75) is 32.4 Å². The highest BCUT2D eigenvalue weighted by Gasteiger charge is 2.30. The van der Waals surface area contributed by atoms with Crippen LogP contribution in [0.5, 0.6) is 0 Å². The van der Waals surface area contributed by atoms with Gasteiger partial charge in [0.1, 0.15) is 0 Å². The van der Waals surface area contributed by atoms with Gasteiger partial charge in [-0.25, -0.2) is 4.68 Å². The third kappa shape index (κ3) is 7.71. The lowest BCUT2D eigenvalue weighted by Crippen LogP contribution is -2.24. The van der Waals surface area contributed by atoms with E-state index in [2.05, 4.69) is 27.2 Å². The third-order valence-electron chi connectivity index (χ3n) is 4.97. The number of nitrogens with zero attached hydrogens (tertiary/aromatic N) is 3. The minimum atomic E-state index is -4.45. The van der Waals surface area contributed by atoms with Crippen molar-refractivity contribution in [2.75, 3.05) is 6.54 Å². The van der Waals surface area contributed by atoms with Gasteiger partial charge in [-0.2, -0.15) is 18.3 Å². The molecule has 1 amide bonds. The molecule has 0 atom stereocenters. The second-order valence-corrected chi connectivity index (χ2v) is 7.55. The number of unbranched alkanes of at least 4 members (excludes halogenated alkanes) is 2. The fourth-order valence-corrected chi connectivity index (χ4v) is 3.21. The second-order valence-electron chi connectivity index (χ2n) is 7.55. The Labute approximate surface area is 202 Å². The summed E-state index contributed by atoms with van der Waals surface area (Å²) >= 11 is 0. The van der Waals surface area contributed by atoms with Crippen molar-refractivity contribution in [2.24, 2.45) is 4.99 Å². The highest BCUT2D eigenvalue weighted by molar-refractivity contribution is 5.95. The molecule has 0 unspecified atom stereocenters. The number of allylic oxidation sites excluding steroid dienone is 1. The van der Waals surface area contributed by atoms with Crippen LogP contribution in [0, 0.1) is 11.8 Å². The molecule has 0 aliphatic heterocycles. The van der Waals surface area contributed by atoms with E-state index in [4.69, 9.17) is 0 Å². The number of carbonyl (C=O) groups excluding carboxylic acids is 1. The number of hydrogen-bond donors (Lipinski definition) is 1. The molecule has 0 saturated heterocycles. The Hall–Kier alpha value is -4.12. The Morgan fingerprint density at radius 3 is 2.74 bits per heavy atom. The Kier molecular flexibility index (Phi) is 9.02. The highest BCUT2D eigenvalue weighted by atomic mass is 19.4. The van der Waals surface area contributed by atoms with Crippen LogP contribution in [0.2, 0.25) is 0 Å². The fraction of sp³-hybridized carbons (Fsp3) is 0.222. The van der Waals surface area contributed by atoms with Crippen molar-refractivity contribution >= 4 is 12.1 Å². The molecule has 8 heteroatoms. The monoisotopic (exact) mass is 478 g/mol. The smallest absolute Gasteiger partial charge is 0.352 e. The van der Waals surface area contributed by atoms with Crippen molar-refractivity contribution in [1.82, 2.24) is 15.1 Å². The molecule has 1 heterocycles. The van der Waals surface area contributed by atoms with E-state index < -0.39 is 11.7 Å². The van der Waals surface area contributed by atoms with Crippen LogP contribution < -0.4 is 5.32 Å². The van der Waals surface area contributed by atoms with Crippen LogP contribution in [0.15, 0.2) is 78.2 Å². The van der Waals surface area contributed by atoms with Crippen LogP contribution in [-0.2, 0) is 6.18 Å². The quantitative estimate of drug-likeness (QED) is 0.253. The summed E-state index contributed by atoms with van der Waals surface area (Å²) in [6, 6.07) is 11.6. The average Bonchev–Trinajstić information content (AvgIpc) is 3.38. The molecule has 2 aromatic carbocycles. The lowest BCUT2D eigenvalue weighted by atomic mass is 10.1. The van der Waals surface area contributed by atoms with Gasteiger partial charge in [0.2, 0.25) is 0 Å². The molecule has 3 aromatic rings. The van der Waals surface area contributed by atoms with Crippen LogP contribution in [0.4, 0.5) is 13.2 Å². The standard InChI is InChI=1S/C27H25F3N4O/c1-2-31-15-5-3-4-6-16-32-26(35)23-13-14-25(34-18-8-17-33-34)22(20-23)12-11-21-9-7-10-24(19-21)27(28,29)30/h2,5,7-10,13-15,17-20H,3-4,6,16H2,1H3,(H,32,35)/b15-5-,31-2?. The van der Waals surface area contributed by atoms with E-state index in [1.165, 1.54) is 12.1 Å². The number of hydrogen-bond acceptors (Lipinski definition) is 3. The molecule has 0 fully saturated rings. The molecular weight excluding hydrogens is 453 g/mol. The van der Waals surface area contributed by atoms with Gasteiger partial charge in [-0.1, -0.05) is 24.0 Å². The number of nitrogens with one attached hydrogen (secondary N) is 1. The van der Waals surface area contributed by atoms with Crippen molar-refractivity contribution < 1.29 is 18.0 Å². The molecule has 1 aromatic heterocycles. The minimum absolute atomic E-state index is 0.222. The second kappa shape index (κ2) is 12.4. The molecule has 1 N–H and O–H groups in total. The number of rotatable bonds is 8. The summed E-state index contributed by atoms with van der Waals surface area (Å²) in [5, 5.41) is 7.10. The van der Waals surface area contributed by atoms with Gasteiger partial charge in [-0.15, -0.1) is 0 Å². The topological polar surface area (TPSA) is 59.3 Å². The Bertz CT molecular complexity index is 1250. The first-order valence-electron chi connectivity index (χ1n) is 11.1. The van der Waals surface area contributed by atoms with E-state index >= 15 is 0 Å². The lowest BCUT2D eigenvalue weighted by molar-refractivity contribution is -0.137. The number of amides is 1. The maximum atomic E-state index is 13.0. The lowest BCUT2D eigenvalue weighted by Gasteiger charge is -2.09. The van der Waals surface area contributed by atoms with Crippen LogP contribution >= 0.6 is 0 Å². The molecule has 180 valence electrons. The van der Waals surface area contributed by atoms with Gasteiger partial charge in [0.25, 0.3) is 5.91 Å². The maximum absolute atomic E-state index is 13.0. The van der Waals surface area contributed by atoms with Gasteiger partial charge in [-0.05, 0) is 68.7 Å². The summed E-state index contributed by atoms with van der Waals surface area (Å²) in [5.41, 5.74) is 0.956. The summed E-state index contributed by atoms with van der Waals surface area (Å²) < 4.78 is 40.7. The molecule has 5 nitrogen and oxygen atoms in total. The molecule has 35 heavy (non-hydrogen) atoms. The zero-order chi connectivity index (χ0) is 25.1. The zero-order valence-electron chi connectivity index (χ0n) is 19.2. The summed E-state index contributed by atoms with van der Waals surface area (Å²) in [6.07, 6.45) is 6.94. The summed E-state index contributed by atoms with van der Waals surface area (Å²) in [4.78, 5) is 16.7. The first-order valence-corrected chi connectivity index (χ1v) is 11.1. The van der Waals surface area contributed by atoms with E-state index in [0.29, 0.717) is 23.4 Å². The summed E-state index contributed by atoms with van der Waals surface area (Å²) in [5.74, 6) is 5.45. The van der Waals surface area contributed by atoms with Gasteiger partial charge < -0.3 is 5.32 Å². The Balaban J connectivity index is 1.76. The zero-order valence-corrected chi connectivity index (χ0v) is 19.2. The molecule has 3 rings (SSSR count). The fourth-order valence-electron chi connectivity index (χ4n) is 3.21. The molecule has 0 aliphatic rings. The van der Waals surface area contributed by atoms with Crippen molar-refractivity contribution in [3.8, 4) is 17.5 Å². The number of alkyl halides is 3.